The normalized spacial score (nSPS) is 12.5. The molecule has 0 aliphatic heterocycles. The number of rotatable bonds is 3. The summed E-state index contributed by atoms with van der Waals surface area (Å²) in [6.45, 7) is 2.02. The number of benzene rings is 2. The van der Waals surface area contributed by atoms with Gasteiger partial charge in [-0.1, -0.05) is 23.7 Å². The highest BCUT2D eigenvalue weighted by atomic mass is 35.5. The second kappa shape index (κ2) is 5.92. The van der Waals surface area contributed by atoms with E-state index in [1.807, 2.05) is 49.4 Å². The molecule has 0 saturated heterocycles. The van der Waals surface area contributed by atoms with Crippen molar-refractivity contribution in [2.45, 2.75) is 17.1 Å². The monoisotopic (exact) mass is 316 g/mol. The predicted molar refractivity (Wildman–Crippen MR) is 88.1 cm³/mol. The predicted octanol–water partition coefficient (Wildman–Crippen LogP) is 4.43. The number of halogens is 1. The second-order valence-corrected chi connectivity index (χ2v) is 6.53. The molecule has 3 aromatic rings. The van der Waals surface area contributed by atoms with Gasteiger partial charge in [0.2, 0.25) is 0 Å². The average Bonchev–Trinajstić information content (AvgIpc) is 2.49. The van der Waals surface area contributed by atoms with Gasteiger partial charge in [0.05, 0.1) is 16.2 Å². The fourth-order valence-electron chi connectivity index (χ4n) is 2.07. The van der Waals surface area contributed by atoms with Crippen LogP contribution in [-0.2, 0) is 0 Å². The number of aromatic amines is 1. The van der Waals surface area contributed by atoms with Crippen LogP contribution in [0, 0.1) is 0 Å². The third-order valence-electron chi connectivity index (χ3n) is 3.14. The molecule has 1 heterocycles. The van der Waals surface area contributed by atoms with Crippen LogP contribution in [0.15, 0.2) is 58.2 Å². The van der Waals surface area contributed by atoms with E-state index in [-0.39, 0.29) is 10.8 Å². The third-order valence-corrected chi connectivity index (χ3v) is 4.52. The Labute approximate surface area is 131 Å². The second-order valence-electron chi connectivity index (χ2n) is 4.68. The molecular formula is C16H13ClN2OS. The van der Waals surface area contributed by atoms with Crippen LogP contribution in [0.2, 0.25) is 5.02 Å². The van der Waals surface area contributed by atoms with Crippen LogP contribution in [0.3, 0.4) is 0 Å². The number of hydrogen-bond acceptors (Lipinski definition) is 3. The zero-order valence-electron chi connectivity index (χ0n) is 11.3. The minimum absolute atomic E-state index is 0.0449. The number of hydrogen-bond donors (Lipinski definition) is 1. The van der Waals surface area contributed by atoms with E-state index in [2.05, 4.69) is 9.97 Å². The van der Waals surface area contributed by atoms with Crippen LogP contribution in [0.1, 0.15) is 18.0 Å². The molecule has 0 spiro atoms. The van der Waals surface area contributed by atoms with Gasteiger partial charge in [-0.15, -0.1) is 11.8 Å². The molecule has 21 heavy (non-hydrogen) atoms. The molecule has 0 fully saturated rings. The van der Waals surface area contributed by atoms with E-state index in [9.17, 15) is 4.79 Å². The molecule has 106 valence electrons. The first-order valence-electron chi connectivity index (χ1n) is 6.54. The fraction of sp³-hybridized carbons (Fsp3) is 0.125. The molecular weight excluding hydrogens is 304 g/mol. The number of para-hydroxylation sites is 1. The summed E-state index contributed by atoms with van der Waals surface area (Å²) in [6, 6.07) is 15.0. The van der Waals surface area contributed by atoms with Gasteiger partial charge < -0.3 is 4.98 Å². The fourth-order valence-corrected chi connectivity index (χ4v) is 3.12. The Balaban J connectivity index is 1.92. The van der Waals surface area contributed by atoms with Gasteiger partial charge in [0.25, 0.3) is 5.56 Å². The summed E-state index contributed by atoms with van der Waals surface area (Å²) in [6.07, 6.45) is 0. The van der Waals surface area contributed by atoms with Crippen molar-refractivity contribution in [1.29, 1.82) is 0 Å². The maximum atomic E-state index is 12.1. The van der Waals surface area contributed by atoms with Crippen LogP contribution < -0.4 is 5.56 Å². The van der Waals surface area contributed by atoms with E-state index in [0.717, 1.165) is 10.4 Å². The van der Waals surface area contributed by atoms with Crippen molar-refractivity contribution in [2.24, 2.45) is 0 Å². The molecule has 0 radical (unpaired) electrons. The first-order valence-corrected chi connectivity index (χ1v) is 7.80. The molecule has 1 aromatic heterocycles. The maximum absolute atomic E-state index is 12.1. The first-order chi connectivity index (χ1) is 10.1. The Morgan fingerprint density at radius 2 is 1.86 bits per heavy atom. The summed E-state index contributed by atoms with van der Waals surface area (Å²) < 4.78 is 0. The summed E-state index contributed by atoms with van der Waals surface area (Å²) in [5.41, 5.74) is 0.624. The lowest BCUT2D eigenvalue weighted by molar-refractivity contribution is 0.923. The summed E-state index contributed by atoms with van der Waals surface area (Å²) in [4.78, 5) is 20.6. The number of fused-ring (bicyclic) bond motifs is 1. The van der Waals surface area contributed by atoms with Crippen LogP contribution in [0.4, 0.5) is 0 Å². The van der Waals surface area contributed by atoms with Crippen LogP contribution in [0.25, 0.3) is 10.9 Å². The lowest BCUT2D eigenvalue weighted by Gasteiger charge is -2.11. The minimum Gasteiger partial charge on any atom is -0.309 e. The SMILES string of the molecule is C[C@@H](Sc1ccc(Cl)cc1)c1nc2ccccc2c(=O)[nH]1. The van der Waals surface area contributed by atoms with Gasteiger partial charge in [-0.25, -0.2) is 4.98 Å². The molecule has 0 aliphatic carbocycles. The summed E-state index contributed by atoms with van der Waals surface area (Å²) >= 11 is 7.51. The van der Waals surface area contributed by atoms with Gasteiger partial charge in [0, 0.05) is 9.92 Å². The Morgan fingerprint density at radius 3 is 2.62 bits per heavy atom. The zero-order valence-corrected chi connectivity index (χ0v) is 12.9. The van der Waals surface area contributed by atoms with Crippen molar-refractivity contribution < 1.29 is 0 Å². The quantitative estimate of drug-likeness (QED) is 0.727. The lowest BCUT2D eigenvalue weighted by atomic mass is 10.2. The number of nitrogens with one attached hydrogen (secondary N) is 1. The highest BCUT2D eigenvalue weighted by Crippen LogP contribution is 2.33. The third kappa shape index (κ3) is 3.12. The standard InChI is InChI=1S/C16H13ClN2OS/c1-10(21-12-8-6-11(17)7-9-12)15-18-14-5-3-2-4-13(14)16(20)19-15/h2-10H,1H3,(H,18,19,20)/t10-/m1/s1. The molecule has 0 unspecified atom stereocenters. The molecule has 5 heteroatoms. The van der Waals surface area contributed by atoms with E-state index in [1.165, 1.54) is 0 Å². The number of thioether (sulfide) groups is 1. The molecule has 0 saturated carbocycles. The Bertz CT molecular complexity index is 830. The van der Waals surface area contributed by atoms with Crippen LogP contribution in [0.5, 0.6) is 0 Å². The van der Waals surface area contributed by atoms with Gasteiger partial charge in [-0.2, -0.15) is 0 Å². The van der Waals surface area contributed by atoms with E-state index < -0.39 is 0 Å². The van der Waals surface area contributed by atoms with Gasteiger partial charge in [0.15, 0.2) is 0 Å². The molecule has 0 bridgehead atoms. The zero-order chi connectivity index (χ0) is 14.8. The van der Waals surface area contributed by atoms with E-state index in [1.54, 1.807) is 17.8 Å². The van der Waals surface area contributed by atoms with E-state index in [0.29, 0.717) is 16.2 Å². The highest BCUT2D eigenvalue weighted by Gasteiger charge is 2.12. The van der Waals surface area contributed by atoms with Gasteiger partial charge in [0.1, 0.15) is 5.82 Å². The number of nitrogens with zero attached hydrogens (tertiary/aromatic N) is 1. The Hall–Kier alpha value is -1.78. The first kappa shape index (κ1) is 14.2. The van der Waals surface area contributed by atoms with E-state index >= 15 is 0 Å². The molecule has 1 N–H and O–H groups in total. The van der Waals surface area contributed by atoms with Crippen molar-refractivity contribution in [3.05, 3.63) is 69.7 Å². The molecule has 3 nitrogen and oxygen atoms in total. The number of aromatic nitrogens is 2. The molecule has 1 atom stereocenters. The maximum Gasteiger partial charge on any atom is 0.258 e. The Kier molecular flexibility index (Phi) is 3.99. The number of H-pyrrole nitrogens is 1. The van der Waals surface area contributed by atoms with Crippen molar-refractivity contribution in [3.63, 3.8) is 0 Å². The van der Waals surface area contributed by atoms with E-state index in [4.69, 9.17) is 11.6 Å². The lowest BCUT2D eigenvalue weighted by Crippen LogP contribution is -2.12. The van der Waals surface area contributed by atoms with Crippen molar-refractivity contribution >= 4 is 34.3 Å². The van der Waals surface area contributed by atoms with Gasteiger partial charge in [-0.3, -0.25) is 4.79 Å². The average molecular weight is 317 g/mol. The van der Waals surface area contributed by atoms with Crippen molar-refractivity contribution in [3.8, 4) is 0 Å². The molecule has 3 rings (SSSR count). The topological polar surface area (TPSA) is 45.8 Å². The van der Waals surface area contributed by atoms with Gasteiger partial charge >= 0.3 is 0 Å². The smallest absolute Gasteiger partial charge is 0.258 e. The summed E-state index contributed by atoms with van der Waals surface area (Å²) in [5.74, 6) is 0.679. The minimum atomic E-state index is -0.0980. The molecule has 2 aromatic carbocycles. The highest BCUT2D eigenvalue weighted by molar-refractivity contribution is 7.99. The Morgan fingerprint density at radius 1 is 1.14 bits per heavy atom. The summed E-state index contributed by atoms with van der Waals surface area (Å²) in [5, 5.41) is 1.37. The van der Waals surface area contributed by atoms with Gasteiger partial charge in [-0.05, 0) is 43.3 Å². The summed E-state index contributed by atoms with van der Waals surface area (Å²) in [7, 11) is 0. The van der Waals surface area contributed by atoms with Crippen LogP contribution >= 0.6 is 23.4 Å². The van der Waals surface area contributed by atoms with Crippen LogP contribution in [-0.4, -0.2) is 9.97 Å². The molecule has 0 aliphatic rings. The molecule has 0 amide bonds. The van der Waals surface area contributed by atoms with Crippen molar-refractivity contribution in [2.75, 3.05) is 0 Å². The largest absolute Gasteiger partial charge is 0.309 e. The van der Waals surface area contributed by atoms with Crippen molar-refractivity contribution in [1.82, 2.24) is 9.97 Å².